The van der Waals surface area contributed by atoms with Crippen LogP contribution in [0.2, 0.25) is 0 Å². The van der Waals surface area contributed by atoms with E-state index >= 15 is 0 Å². The molecule has 1 aromatic rings. The Bertz CT molecular complexity index is 462. The quantitative estimate of drug-likeness (QED) is 0.822. The van der Waals surface area contributed by atoms with Gasteiger partial charge in [-0.3, -0.25) is 0 Å². The molecule has 2 atom stereocenters. The molecular weight excluding hydrogens is 234 g/mol. The summed E-state index contributed by atoms with van der Waals surface area (Å²) < 4.78 is 0. The third kappa shape index (κ3) is 2.43. The summed E-state index contributed by atoms with van der Waals surface area (Å²) in [5.74, 6) is -0.240. The lowest BCUT2D eigenvalue weighted by Crippen LogP contribution is -2.25. The van der Waals surface area contributed by atoms with Gasteiger partial charge in [-0.2, -0.15) is 0 Å². The predicted molar refractivity (Wildman–Crippen MR) is 65.7 cm³/mol. The van der Waals surface area contributed by atoms with Gasteiger partial charge >= 0.3 is 5.97 Å². The average Bonchev–Trinajstić information content (AvgIpc) is 2.77. The minimum atomic E-state index is -1.01. The summed E-state index contributed by atoms with van der Waals surface area (Å²) in [7, 11) is 0. The maximum Gasteiger partial charge on any atom is 0.339 e. The van der Waals surface area contributed by atoms with Crippen molar-refractivity contribution in [3.8, 4) is 0 Å². The van der Waals surface area contributed by atoms with Gasteiger partial charge in [0.25, 0.3) is 0 Å². The third-order valence-corrected chi connectivity index (χ3v) is 3.39. The fourth-order valence-electron chi connectivity index (χ4n) is 2.18. The van der Waals surface area contributed by atoms with E-state index in [2.05, 4.69) is 9.97 Å². The molecular formula is C12H17N3O3. The van der Waals surface area contributed by atoms with Crippen LogP contribution < -0.4 is 4.90 Å². The number of anilines is 1. The van der Waals surface area contributed by atoms with Gasteiger partial charge in [-0.05, 0) is 20.3 Å². The Morgan fingerprint density at radius 3 is 2.83 bits per heavy atom. The van der Waals surface area contributed by atoms with Crippen molar-refractivity contribution in [1.29, 1.82) is 0 Å². The zero-order valence-electron chi connectivity index (χ0n) is 10.5. The van der Waals surface area contributed by atoms with Gasteiger partial charge in [0, 0.05) is 25.2 Å². The molecule has 1 aromatic heterocycles. The lowest BCUT2D eigenvalue weighted by Gasteiger charge is -2.18. The molecule has 98 valence electrons. The summed E-state index contributed by atoms with van der Waals surface area (Å²) >= 11 is 0. The van der Waals surface area contributed by atoms with E-state index in [1.807, 2.05) is 4.90 Å². The van der Waals surface area contributed by atoms with Gasteiger partial charge in [0.15, 0.2) is 0 Å². The van der Waals surface area contributed by atoms with Gasteiger partial charge < -0.3 is 15.1 Å². The predicted octanol–water partition coefficient (Wildman–Crippen LogP) is 0.690. The van der Waals surface area contributed by atoms with Crippen LogP contribution in [0.3, 0.4) is 0 Å². The highest BCUT2D eigenvalue weighted by atomic mass is 16.4. The zero-order valence-corrected chi connectivity index (χ0v) is 10.5. The molecule has 6 nitrogen and oxygen atoms in total. The van der Waals surface area contributed by atoms with Crippen molar-refractivity contribution in [2.75, 3.05) is 18.0 Å². The maximum absolute atomic E-state index is 10.9. The number of aliphatic hydroxyl groups is 1. The van der Waals surface area contributed by atoms with E-state index < -0.39 is 5.97 Å². The van der Waals surface area contributed by atoms with Gasteiger partial charge in [-0.1, -0.05) is 0 Å². The monoisotopic (exact) mass is 251 g/mol. The Labute approximate surface area is 105 Å². The molecule has 0 aliphatic carbocycles. The molecule has 0 saturated carbocycles. The van der Waals surface area contributed by atoms with Crippen molar-refractivity contribution in [2.24, 2.45) is 5.92 Å². The van der Waals surface area contributed by atoms with Gasteiger partial charge in [0.2, 0.25) is 5.95 Å². The van der Waals surface area contributed by atoms with E-state index in [4.69, 9.17) is 5.11 Å². The van der Waals surface area contributed by atoms with Crippen LogP contribution in [0.1, 0.15) is 29.4 Å². The minimum absolute atomic E-state index is 0.130. The molecule has 1 saturated heterocycles. The first-order valence-corrected chi connectivity index (χ1v) is 5.99. The number of aromatic carboxylic acids is 1. The van der Waals surface area contributed by atoms with Crippen LogP contribution in [-0.4, -0.2) is 45.3 Å². The summed E-state index contributed by atoms with van der Waals surface area (Å²) in [6.07, 6.45) is 1.91. The highest BCUT2D eigenvalue weighted by molar-refractivity contribution is 5.88. The normalized spacial score (nSPS) is 21.1. The van der Waals surface area contributed by atoms with Crippen molar-refractivity contribution < 1.29 is 15.0 Å². The standard InChI is InChI=1S/C12H17N3O3/c1-7-10(11(17)18)5-13-12(14-7)15-4-3-9(6-15)8(2)16/h5,8-9,16H,3-4,6H2,1-2H3,(H,17,18). The number of carbonyl (C=O) groups is 1. The summed E-state index contributed by atoms with van der Waals surface area (Å²) in [6.45, 7) is 4.95. The second-order valence-corrected chi connectivity index (χ2v) is 4.71. The second kappa shape index (κ2) is 4.89. The number of aryl methyl sites for hydroxylation is 1. The molecule has 1 aliphatic heterocycles. The number of aliphatic hydroxyl groups excluding tert-OH is 1. The minimum Gasteiger partial charge on any atom is -0.478 e. The molecule has 0 bridgehead atoms. The molecule has 1 fully saturated rings. The number of carboxylic acid groups (broad SMARTS) is 1. The molecule has 2 N–H and O–H groups in total. The van der Waals surface area contributed by atoms with E-state index in [9.17, 15) is 9.90 Å². The fourth-order valence-corrected chi connectivity index (χ4v) is 2.18. The van der Waals surface area contributed by atoms with Crippen molar-refractivity contribution in [1.82, 2.24) is 9.97 Å². The average molecular weight is 251 g/mol. The van der Waals surface area contributed by atoms with E-state index in [-0.39, 0.29) is 17.6 Å². The fraction of sp³-hybridized carbons (Fsp3) is 0.583. The molecule has 6 heteroatoms. The first kappa shape index (κ1) is 12.8. The lowest BCUT2D eigenvalue weighted by atomic mass is 10.0. The molecule has 0 amide bonds. The molecule has 2 unspecified atom stereocenters. The van der Waals surface area contributed by atoms with Crippen molar-refractivity contribution in [3.05, 3.63) is 17.5 Å². The van der Waals surface area contributed by atoms with Crippen LogP contribution in [0.25, 0.3) is 0 Å². The summed E-state index contributed by atoms with van der Waals surface area (Å²) in [4.78, 5) is 21.2. The number of hydrogen-bond donors (Lipinski definition) is 2. The van der Waals surface area contributed by atoms with Crippen molar-refractivity contribution >= 4 is 11.9 Å². The molecule has 0 radical (unpaired) electrons. The Balaban J connectivity index is 2.16. The highest BCUT2D eigenvalue weighted by Gasteiger charge is 2.27. The van der Waals surface area contributed by atoms with E-state index in [1.165, 1.54) is 6.20 Å². The third-order valence-electron chi connectivity index (χ3n) is 3.39. The van der Waals surface area contributed by atoms with Gasteiger partial charge in [0.1, 0.15) is 0 Å². The molecule has 2 rings (SSSR count). The van der Waals surface area contributed by atoms with Crippen molar-refractivity contribution in [2.45, 2.75) is 26.4 Å². The van der Waals surface area contributed by atoms with Gasteiger partial charge in [-0.25, -0.2) is 14.8 Å². The summed E-state index contributed by atoms with van der Waals surface area (Å²) in [6, 6.07) is 0. The second-order valence-electron chi connectivity index (χ2n) is 4.71. The van der Waals surface area contributed by atoms with E-state index in [0.29, 0.717) is 18.2 Å². The van der Waals surface area contributed by atoms with E-state index in [1.54, 1.807) is 13.8 Å². The van der Waals surface area contributed by atoms with E-state index in [0.717, 1.165) is 13.0 Å². The largest absolute Gasteiger partial charge is 0.478 e. The van der Waals surface area contributed by atoms with Crippen molar-refractivity contribution in [3.63, 3.8) is 0 Å². The van der Waals surface area contributed by atoms with Gasteiger partial charge in [0.05, 0.1) is 17.4 Å². The van der Waals surface area contributed by atoms with Gasteiger partial charge in [-0.15, -0.1) is 0 Å². The summed E-state index contributed by atoms with van der Waals surface area (Å²) in [5, 5.41) is 18.5. The number of aromatic nitrogens is 2. The molecule has 18 heavy (non-hydrogen) atoms. The van der Waals surface area contributed by atoms with Crippen LogP contribution in [0.5, 0.6) is 0 Å². The Morgan fingerprint density at radius 2 is 2.33 bits per heavy atom. The van der Waals surface area contributed by atoms with Crippen LogP contribution in [-0.2, 0) is 0 Å². The number of hydrogen-bond acceptors (Lipinski definition) is 5. The first-order valence-electron chi connectivity index (χ1n) is 5.99. The molecule has 0 aromatic carbocycles. The smallest absolute Gasteiger partial charge is 0.339 e. The van der Waals surface area contributed by atoms with Crippen LogP contribution in [0.15, 0.2) is 6.20 Å². The molecule has 2 heterocycles. The zero-order chi connectivity index (χ0) is 13.3. The topological polar surface area (TPSA) is 86.5 Å². The summed E-state index contributed by atoms with van der Waals surface area (Å²) in [5.41, 5.74) is 0.595. The maximum atomic E-state index is 10.9. The van der Waals surface area contributed by atoms with Crippen LogP contribution in [0, 0.1) is 12.8 Å². The van der Waals surface area contributed by atoms with Crippen LogP contribution >= 0.6 is 0 Å². The Morgan fingerprint density at radius 1 is 1.61 bits per heavy atom. The number of nitrogens with zero attached hydrogens (tertiary/aromatic N) is 3. The first-order chi connectivity index (χ1) is 8.49. The SMILES string of the molecule is Cc1nc(N2CCC(C(C)O)C2)ncc1C(=O)O. The molecule has 1 aliphatic rings. The number of carboxylic acids is 1. The van der Waals surface area contributed by atoms with Crippen LogP contribution in [0.4, 0.5) is 5.95 Å². The Hall–Kier alpha value is -1.69. The lowest BCUT2D eigenvalue weighted by molar-refractivity contribution is 0.0695. The Kier molecular flexibility index (Phi) is 3.47. The number of rotatable bonds is 3. The molecule has 0 spiro atoms. The highest BCUT2D eigenvalue weighted by Crippen LogP contribution is 2.23.